The molecule has 1 saturated heterocycles. The van der Waals surface area contributed by atoms with Crippen molar-refractivity contribution in [2.45, 2.75) is 18.6 Å². The number of aromatic nitrogens is 1. The van der Waals surface area contributed by atoms with Crippen LogP contribution in [0.25, 0.3) is 0 Å². The molecule has 104 valence electrons. The molecule has 0 aliphatic carbocycles. The molecule has 1 aliphatic heterocycles. The van der Waals surface area contributed by atoms with Crippen molar-refractivity contribution in [3.63, 3.8) is 0 Å². The Hall–Kier alpha value is -0.720. The smallest absolute Gasteiger partial charge is 0.366 e. The van der Waals surface area contributed by atoms with Gasteiger partial charge in [0.15, 0.2) is 0 Å². The topological polar surface area (TPSA) is 37.0 Å². The monoisotopic (exact) mass is 303 g/mol. The third-order valence-corrected chi connectivity index (χ3v) is 2.51. The van der Waals surface area contributed by atoms with Gasteiger partial charge in [-0.15, -0.1) is 24.8 Å². The van der Waals surface area contributed by atoms with Gasteiger partial charge < -0.3 is 10.6 Å². The molecule has 1 aromatic rings. The van der Waals surface area contributed by atoms with Gasteiger partial charge in [-0.25, -0.2) is 4.98 Å². The standard InChI is InChI=1S/C10H12F3N3.2ClH/c11-10(12,13)8-2-1-4-15-9(8)16-7-3-5-14-6-7;;/h1-2,4,7,14H,3,5-6H2,(H,15,16);2*1H. The minimum atomic E-state index is -4.36. The van der Waals surface area contributed by atoms with Gasteiger partial charge in [-0.2, -0.15) is 13.2 Å². The van der Waals surface area contributed by atoms with E-state index in [9.17, 15) is 13.2 Å². The van der Waals surface area contributed by atoms with Crippen LogP contribution < -0.4 is 10.6 Å². The van der Waals surface area contributed by atoms with E-state index in [-0.39, 0.29) is 36.7 Å². The Balaban J connectivity index is 0.00000144. The highest BCUT2D eigenvalue weighted by Crippen LogP contribution is 2.33. The van der Waals surface area contributed by atoms with Crippen LogP contribution in [0, 0.1) is 0 Å². The Morgan fingerprint density at radius 2 is 2.06 bits per heavy atom. The molecule has 2 N–H and O–H groups in total. The van der Waals surface area contributed by atoms with E-state index in [1.807, 2.05) is 0 Å². The van der Waals surface area contributed by atoms with Crippen LogP contribution in [0.2, 0.25) is 0 Å². The number of alkyl halides is 3. The highest BCUT2D eigenvalue weighted by atomic mass is 35.5. The molecule has 0 spiro atoms. The molecule has 0 aromatic carbocycles. The number of hydrogen-bond acceptors (Lipinski definition) is 3. The van der Waals surface area contributed by atoms with E-state index < -0.39 is 11.7 Å². The zero-order valence-corrected chi connectivity index (χ0v) is 11.0. The van der Waals surface area contributed by atoms with E-state index in [4.69, 9.17) is 0 Å². The van der Waals surface area contributed by atoms with Gasteiger partial charge in [-0.05, 0) is 25.1 Å². The molecule has 2 rings (SSSR count). The molecule has 1 aliphatic rings. The quantitative estimate of drug-likeness (QED) is 0.882. The second-order valence-electron chi connectivity index (χ2n) is 3.73. The summed E-state index contributed by atoms with van der Waals surface area (Å²) in [4.78, 5) is 3.75. The fraction of sp³-hybridized carbons (Fsp3) is 0.500. The van der Waals surface area contributed by atoms with Crippen molar-refractivity contribution in [3.05, 3.63) is 23.9 Å². The molecule has 1 atom stereocenters. The summed E-state index contributed by atoms with van der Waals surface area (Å²) in [5.74, 6) is -0.0799. The fourth-order valence-electron chi connectivity index (χ4n) is 1.72. The molecule has 1 aromatic heterocycles. The van der Waals surface area contributed by atoms with Crippen LogP contribution in [0.4, 0.5) is 19.0 Å². The molecular formula is C10H14Cl2F3N3. The van der Waals surface area contributed by atoms with Crippen LogP contribution in [-0.4, -0.2) is 24.1 Å². The van der Waals surface area contributed by atoms with Crippen molar-refractivity contribution in [3.8, 4) is 0 Å². The maximum Gasteiger partial charge on any atom is 0.419 e. The summed E-state index contributed by atoms with van der Waals surface area (Å²) < 4.78 is 37.9. The predicted octanol–water partition coefficient (Wildman–Crippen LogP) is 2.72. The van der Waals surface area contributed by atoms with Crippen LogP contribution in [0.15, 0.2) is 18.3 Å². The van der Waals surface area contributed by atoms with E-state index in [0.717, 1.165) is 19.0 Å². The highest BCUT2D eigenvalue weighted by molar-refractivity contribution is 5.85. The molecule has 0 amide bonds. The number of hydrogen-bond donors (Lipinski definition) is 2. The first-order valence-electron chi connectivity index (χ1n) is 5.07. The predicted molar refractivity (Wildman–Crippen MR) is 68.6 cm³/mol. The lowest BCUT2D eigenvalue weighted by Gasteiger charge is -2.16. The number of halogens is 5. The van der Waals surface area contributed by atoms with Crippen LogP contribution in [0.3, 0.4) is 0 Å². The second kappa shape index (κ2) is 7.01. The number of anilines is 1. The summed E-state index contributed by atoms with van der Waals surface area (Å²) in [5.41, 5.74) is -0.707. The molecule has 2 heterocycles. The lowest BCUT2D eigenvalue weighted by Crippen LogP contribution is -2.24. The lowest BCUT2D eigenvalue weighted by atomic mass is 10.2. The summed E-state index contributed by atoms with van der Waals surface area (Å²) in [7, 11) is 0. The average Bonchev–Trinajstić information content (AvgIpc) is 2.70. The van der Waals surface area contributed by atoms with E-state index in [2.05, 4.69) is 15.6 Å². The van der Waals surface area contributed by atoms with Gasteiger partial charge in [-0.1, -0.05) is 0 Å². The molecule has 3 nitrogen and oxygen atoms in total. The minimum absolute atomic E-state index is 0. The normalized spacial score (nSPS) is 18.7. The molecule has 1 fully saturated rings. The van der Waals surface area contributed by atoms with E-state index in [1.165, 1.54) is 12.3 Å². The van der Waals surface area contributed by atoms with Crippen molar-refractivity contribution >= 4 is 30.6 Å². The fourth-order valence-corrected chi connectivity index (χ4v) is 1.72. The molecule has 1 unspecified atom stereocenters. The van der Waals surface area contributed by atoms with Crippen molar-refractivity contribution in [2.24, 2.45) is 0 Å². The lowest BCUT2D eigenvalue weighted by molar-refractivity contribution is -0.137. The van der Waals surface area contributed by atoms with E-state index in [1.54, 1.807) is 0 Å². The first-order chi connectivity index (χ1) is 7.57. The molecular weight excluding hydrogens is 290 g/mol. The van der Waals surface area contributed by atoms with Gasteiger partial charge in [-0.3, -0.25) is 0 Å². The van der Waals surface area contributed by atoms with Crippen molar-refractivity contribution in [1.82, 2.24) is 10.3 Å². The number of rotatable bonds is 2. The zero-order valence-electron chi connectivity index (χ0n) is 9.33. The van der Waals surface area contributed by atoms with Crippen molar-refractivity contribution in [2.75, 3.05) is 18.4 Å². The van der Waals surface area contributed by atoms with Gasteiger partial charge in [0.2, 0.25) is 0 Å². The maximum atomic E-state index is 12.6. The molecule has 0 bridgehead atoms. The van der Waals surface area contributed by atoms with Gasteiger partial charge in [0.25, 0.3) is 0 Å². The first-order valence-corrected chi connectivity index (χ1v) is 5.07. The van der Waals surface area contributed by atoms with E-state index >= 15 is 0 Å². The third kappa shape index (κ3) is 4.19. The molecule has 18 heavy (non-hydrogen) atoms. The Bertz CT molecular complexity index is 368. The van der Waals surface area contributed by atoms with Crippen LogP contribution >= 0.6 is 24.8 Å². The summed E-state index contributed by atoms with van der Waals surface area (Å²) >= 11 is 0. The second-order valence-corrected chi connectivity index (χ2v) is 3.73. The molecule has 8 heteroatoms. The number of pyridine rings is 1. The van der Waals surface area contributed by atoms with Crippen molar-refractivity contribution < 1.29 is 13.2 Å². The zero-order chi connectivity index (χ0) is 11.6. The third-order valence-electron chi connectivity index (χ3n) is 2.51. The minimum Gasteiger partial charge on any atom is -0.366 e. The van der Waals surface area contributed by atoms with Crippen LogP contribution in [0.1, 0.15) is 12.0 Å². The summed E-state index contributed by atoms with van der Waals surface area (Å²) in [5, 5.41) is 5.90. The van der Waals surface area contributed by atoms with Gasteiger partial charge >= 0.3 is 6.18 Å². The molecule has 0 radical (unpaired) electrons. The van der Waals surface area contributed by atoms with Crippen molar-refractivity contribution in [1.29, 1.82) is 0 Å². The number of nitrogens with one attached hydrogen (secondary N) is 2. The largest absolute Gasteiger partial charge is 0.419 e. The SMILES string of the molecule is Cl.Cl.FC(F)(F)c1cccnc1NC1CCNC1. The Kier molecular flexibility index (Phi) is 6.73. The van der Waals surface area contributed by atoms with Crippen LogP contribution in [0.5, 0.6) is 0 Å². The van der Waals surface area contributed by atoms with Gasteiger partial charge in [0.1, 0.15) is 5.82 Å². The maximum absolute atomic E-state index is 12.6. The van der Waals surface area contributed by atoms with Gasteiger partial charge in [0.05, 0.1) is 5.56 Å². The summed E-state index contributed by atoms with van der Waals surface area (Å²) in [6.07, 6.45) is -2.18. The highest BCUT2D eigenvalue weighted by Gasteiger charge is 2.34. The Morgan fingerprint density at radius 3 is 2.61 bits per heavy atom. The molecule has 0 saturated carbocycles. The Labute approximate surface area is 115 Å². The van der Waals surface area contributed by atoms with Crippen LogP contribution in [-0.2, 0) is 6.18 Å². The van der Waals surface area contributed by atoms with Gasteiger partial charge in [0, 0.05) is 18.8 Å². The number of nitrogens with zero attached hydrogens (tertiary/aromatic N) is 1. The summed E-state index contributed by atoms with van der Waals surface area (Å²) in [6, 6.07) is 2.36. The summed E-state index contributed by atoms with van der Waals surface area (Å²) in [6.45, 7) is 1.50. The van der Waals surface area contributed by atoms with E-state index in [0.29, 0.717) is 6.54 Å². The first kappa shape index (κ1) is 17.3. The Morgan fingerprint density at radius 1 is 1.33 bits per heavy atom. The average molecular weight is 304 g/mol.